The van der Waals surface area contributed by atoms with Crippen LogP contribution in [0.5, 0.6) is 0 Å². The van der Waals surface area contributed by atoms with E-state index >= 15 is 0 Å². The molecule has 0 spiro atoms. The summed E-state index contributed by atoms with van der Waals surface area (Å²) in [6.07, 6.45) is -5.03. The standard InChI is InChI=1S/C18H23Cl2F3N4O/c19-14-2-1-13(11-15(14)20)26-7-9-27(10-8-26)17(28)16-12-25(6-4-24-16)5-3-18(21,22)23/h1-2,11,16,24H,3-10,12H2/t16-/m1/s1. The molecule has 5 nitrogen and oxygen atoms in total. The molecule has 0 aromatic heterocycles. The van der Waals surface area contributed by atoms with Crippen LogP contribution in [0.2, 0.25) is 10.0 Å². The number of hydrogen-bond acceptors (Lipinski definition) is 4. The van der Waals surface area contributed by atoms with Gasteiger partial charge in [-0.2, -0.15) is 13.2 Å². The van der Waals surface area contributed by atoms with E-state index in [0.717, 1.165) is 5.69 Å². The van der Waals surface area contributed by atoms with Gasteiger partial charge in [-0.05, 0) is 18.2 Å². The van der Waals surface area contributed by atoms with Crippen LogP contribution < -0.4 is 10.2 Å². The number of piperazine rings is 2. The van der Waals surface area contributed by atoms with Crippen molar-refractivity contribution in [2.45, 2.75) is 18.6 Å². The second-order valence-electron chi connectivity index (χ2n) is 7.08. The number of rotatable bonds is 4. The SMILES string of the molecule is O=C([C@H]1CN(CCC(F)(F)F)CCN1)N1CCN(c2ccc(Cl)c(Cl)c2)CC1. The second-order valence-corrected chi connectivity index (χ2v) is 7.90. The highest BCUT2D eigenvalue weighted by molar-refractivity contribution is 6.42. The summed E-state index contributed by atoms with van der Waals surface area (Å²) in [5.41, 5.74) is 0.954. The Bertz CT molecular complexity index is 696. The summed E-state index contributed by atoms with van der Waals surface area (Å²) in [6.45, 7) is 3.70. The van der Waals surface area contributed by atoms with Crippen molar-refractivity contribution in [1.82, 2.24) is 15.1 Å². The van der Waals surface area contributed by atoms with Crippen molar-refractivity contribution >= 4 is 34.8 Å². The highest BCUT2D eigenvalue weighted by Gasteiger charge is 2.33. The highest BCUT2D eigenvalue weighted by atomic mass is 35.5. The largest absolute Gasteiger partial charge is 0.390 e. The van der Waals surface area contributed by atoms with Crippen LogP contribution in [0, 0.1) is 0 Å². The van der Waals surface area contributed by atoms with Crippen LogP contribution in [0.25, 0.3) is 0 Å². The van der Waals surface area contributed by atoms with E-state index in [0.29, 0.717) is 55.9 Å². The fourth-order valence-electron chi connectivity index (χ4n) is 3.55. The normalized spacial score (nSPS) is 21.8. The molecule has 2 aliphatic rings. The minimum Gasteiger partial charge on any atom is -0.368 e. The zero-order valence-corrected chi connectivity index (χ0v) is 16.8. The van der Waals surface area contributed by atoms with Crippen molar-refractivity contribution in [3.8, 4) is 0 Å². The Morgan fingerprint density at radius 2 is 1.82 bits per heavy atom. The fraction of sp³-hybridized carbons (Fsp3) is 0.611. The third-order valence-corrected chi connectivity index (χ3v) is 5.87. The minimum absolute atomic E-state index is 0.0505. The summed E-state index contributed by atoms with van der Waals surface area (Å²) in [7, 11) is 0. The number of anilines is 1. The van der Waals surface area contributed by atoms with Crippen LogP contribution in [-0.4, -0.2) is 80.3 Å². The van der Waals surface area contributed by atoms with Crippen molar-refractivity contribution in [3.63, 3.8) is 0 Å². The summed E-state index contributed by atoms with van der Waals surface area (Å²) in [4.78, 5) is 18.4. The zero-order valence-electron chi connectivity index (χ0n) is 15.3. The molecular formula is C18H23Cl2F3N4O. The first-order chi connectivity index (χ1) is 13.2. The predicted molar refractivity (Wildman–Crippen MR) is 104 cm³/mol. The summed E-state index contributed by atoms with van der Waals surface area (Å²) in [5.74, 6) is -0.0505. The van der Waals surface area contributed by atoms with Crippen LogP contribution in [0.15, 0.2) is 18.2 Å². The molecule has 1 amide bonds. The molecule has 1 N–H and O–H groups in total. The molecule has 1 aromatic carbocycles. The number of nitrogens with zero attached hydrogens (tertiary/aromatic N) is 3. The average molecular weight is 439 g/mol. The molecule has 1 aromatic rings. The molecule has 0 saturated carbocycles. The first kappa shape index (κ1) is 21.5. The predicted octanol–water partition coefficient (Wildman–Crippen LogP) is 2.87. The van der Waals surface area contributed by atoms with Crippen molar-refractivity contribution in [2.24, 2.45) is 0 Å². The maximum absolute atomic E-state index is 12.8. The quantitative estimate of drug-likeness (QED) is 0.784. The van der Waals surface area contributed by atoms with Crippen molar-refractivity contribution in [3.05, 3.63) is 28.2 Å². The van der Waals surface area contributed by atoms with E-state index in [1.54, 1.807) is 15.9 Å². The van der Waals surface area contributed by atoms with Gasteiger partial charge in [0.15, 0.2) is 0 Å². The van der Waals surface area contributed by atoms with E-state index in [-0.39, 0.29) is 12.5 Å². The average Bonchev–Trinajstić information content (AvgIpc) is 2.68. The molecule has 3 rings (SSSR count). The lowest BCUT2D eigenvalue weighted by Crippen LogP contribution is -2.60. The maximum Gasteiger partial charge on any atom is 0.390 e. The van der Waals surface area contributed by atoms with Gasteiger partial charge in [0.25, 0.3) is 0 Å². The monoisotopic (exact) mass is 438 g/mol. The molecule has 156 valence electrons. The highest BCUT2D eigenvalue weighted by Crippen LogP contribution is 2.28. The van der Waals surface area contributed by atoms with Crippen LogP contribution in [0.1, 0.15) is 6.42 Å². The third kappa shape index (κ3) is 5.65. The fourth-order valence-corrected chi connectivity index (χ4v) is 3.84. The molecule has 1 atom stereocenters. The molecule has 0 bridgehead atoms. The van der Waals surface area contributed by atoms with Crippen LogP contribution >= 0.6 is 23.2 Å². The van der Waals surface area contributed by atoms with E-state index in [1.807, 2.05) is 12.1 Å². The van der Waals surface area contributed by atoms with Gasteiger partial charge in [-0.3, -0.25) is 9.69 Å². The van der Waals surface area contributed by atoms with Gasteiger partial charge in [-0.25, -0.2) is 0 Å². The molecular weight excluding hydrogens is 416 g/mol. The Morgan fingerprint density at radius 1 is 1.11 bits per heavy atom. The maximum atomic E-state index is 12.8. The Balaban J connectivity index is 1.51. The number of amides is 1. The van der Waals surface area contributed by atoms with Crippen molar-refractivity contribution in [2.75, 3.05) is 57.3 Å². The van der Waals surface area contributed by atoms with Gasteiger partial charge in [0.2, 0.25) is 5.91 Å². The Kier molecular flexibility index (Phi) is 6.96. The van der Waals surface area contributed by atoms with E-state index in [2.05, 4.69) is 10.2 Å². The number of alkyl halides is 3. The first-order valence-corrected chi connectivity index (χ1v) is 10.00. The molecule has 0 radical (unpaired) electrons. The van der Waals surface area contributed by atoms with E-state index in [4.69, 9.17) is 23.2 Å². The van der Waals surface area contributed by atoms with Gasteiger partial charge in [-0.1, -0.05) is 23.2 Å². The summed E-state index contributed by atoms with van der Waals surface area (Å²) < 4.78 is 37.3. The molecule has 2 saturated heterocycles. The Morgan fingerprint density at radius 3 is 2.46 bits per heavy atom. The number of halogens is 5. The summed E-state index contributed by atoms with van der Waals surface area (Å²) in [6, 6.07) is 4.99. The topological polar surface area (TPSA) is 38.8 Å². The number of benzene rings is 1. The molecule has 2 aliphatic heterocycles. The molecule has 2 heterocycles. The lowest BCUT2D eigenvalue weighted by Gasteiger charge is -2.40. The number of nitrogens with one attached hydrogen (secondary N) is 1. The van der Waals surface area contributed by atoms with Crippen LogP contribution in [-0.2, 0) is 4.79 Å². The summed E-state index contributed by atoms with van der Waals surface area (Å²) >= 11 is 12.0. The molecule has 28 heavy (non-hydrogen) atoms. The summed E-state index contributed by atoms with van der Waals surface area (Å²) in [5, 5.41) is 4.13. The van der Waals surface area contributed by atoms with E-state index in [9.17, 15) is 18.0 Å². The first-order valence-electron chi connectivity index (χ1n) is 9.24. The van der Waals surface area contributed by atoms with Gasteiger partial charge in [0.05, 0.1) is 22.5 Å². The van der Waals surface area contributed by atoms with Gasteiger partial charge < -0.3 is 15.1 Å². The van der Waals surface area contributed by atoms with Crippen LogP contribution in [0.3, 0.4) is 0 Å². The number of carbonyl (C=O) groups is 1. The van der Waals surface area contributed by atoms with Gasteiger partial charge in [0, 0.05) is 58.0 Å². The molecule has 0 aliphatic carbocycles. The van der Waals surface area contributed by atoms with Gasteiger partial charge >= 0.3 is 6.18 Å². The van der Waals surface area contributed by atoms with E-state index < -0.39 is 18.6 Å². The third-order valence-electron chi connectivity index (χ3n) is 5.13. The Labute approximate surface area is 172 Å². The van der Waals surface area contributed by atoms with Gasteiger partial charge in [-0.15, -0.1) is 0 Å². The Hall–Kier alpha value is -1.22. The molecule has 10 heteroatoms. The lowest BCUT2D eigenvalue weighted by molar-refractivity contribution is -0.140. The second kappa shape index (κ2) is 9.07. The van der Waals surface area contributed by atoms with Crippen LogP contribution in [0.4, 0.5) is 18.9 Å². The van der Waals surface area contributed by atoms with Gasteiger partial charge in [0.1, 0.15) is 0 Å². The smallest absolute Gasteiger partial charge is 0.368 e. The molecule has 0 unspecified atom stereocenters. The van der Waals surface area contributed by atoms with Crippen molar-refractivity contribution < 1.29 is 18.0 Å². The van der Waals surface area contributed by atoms with Crippen molar-refractivity contribution in [1.29, 1.82) is 0 Å². The lowest BCUT2D eigenvalue weighted by atomic mass is 10.1. The van der Waals surface area contributed by atoms with E-state index in [1.165, 1.54) is 0 Å². The number of carbonyl (C=O) groups excluding carboxylic acids is 1. The number of hydrogen-bond donors (Lipinski definition) is 1. The molecule has 2 fully saturated rings. The zero-order chi connectivity index (χ0) is 20.3. The minimum atomic E-state index is -4.18.